The fourth-order valence-electron chi connectivity index (χ4n) is 2.49. The lowest BCUT2D eigenvalue weighted by Gasteiger charge is -2.26. The lowest BCUT2D eigenvalue weighted by atomic mass is 10.1. The molecule has 1 aromatic carbocycles. The molecule has 1 fully saturated rings. The van der Waals surface area contributed by atoms with Crippen LogP contribution in [0.25, 0.3) is 0 Å². The van der Waals surface area contributed by atoms with E-state index in [0.717, 1.165) is 12.0 Å². The molecular weight excluding hydrogens is 296 g/mol. The minimum Gasteiger partial charge on any atom is -0.478 e. The van der Waals surface area contributed by atoms with Crippen LogP contribution in [-0.2, 0) is 11.3 Å². The van der Waals surface area contributed by atoms with Crippen LogP contribution in [-0.4, -0.2) is 47.8 Å². The van der Waals surface area contributed by atoms with E-state index in [2.05, 4.69) is 19.2 Å². The van der Waals surface area contributed by atoms with Gasteiger partial charge in [0.25, 0.3) is 0 Å². The van der Waals surface area contributed by atoms with Crippen LogP contribution >= 0.6 is 0 Å². The molecule has 1 unspecified atom stereocenters. The minimum atomic E-state index is -0.954. The lowest BCUT2D eigenvalue weighted by molar-refractivity contribution is 0.0267. The van der Waals surface area contributed by atoms with E-state index in [0.29, 0.717) is 32.2 Å². The van der Waals surface area contributed by atoms with E-state index in [4.69, 9.17) is 9.84 Å². The maximum atomic E-state index is 12.3. The number of nitrogens with zero attached hydrogens (tertiary/aromatic N) is 1. The number of ether oxygens (including phenoxy) is 1. The maximum Gasteiger partial charge on any atom is 0.335 e. The number of urea groups is 1. The molecule has 2 N–H and O–H groups in total. The third kappa shape index (κ3) is 4.96. The van der Waals surface area contributed by atoms with Crippen molar-refractivity contribution in [2.45, 2.75) is 32.9 Å². The molecule has 2 amide bonds. The van der Waals surface area contributed by atoms with Crippen molar-refractivity contribution < 1.29 is 19.4 Å². The number of hydrogen-bond acceptors (Lipinski definition) is 3. The van der Waals surface area contributed by atoms with Gasteiger partial charge >= 0.3 is 12.0 Å². The Bertz CT molecular complexity index is 542. The summed E-state index contributed by atoms with van der Waals surface area (Å²) in [4.78, 5) is 24.9. The Hall–Kier alpha value is -2.08. The van der Waals surface area contributed by atoms with Crippen LogP contribution in [0.3, 0.4) is 0 Å². The van der Waals surface area contributed by atoms with Crippen LogP contribution in [0.4, 0.5) is 4.79 Å². The Morgan fingerprint density at radius 3 is 2.65 bits per heavy atom. The van der Waals surface area contributed by atoms with Crippen molar-refractivity contribution >= 4 is 12.0 Å². The number of carbonyl (C=O) groups excluding carboxylic acids is 1. The molecule has 2 rings (SSSR count). The summed E-state index contributed by atoms with van der Waals surface area (Å²) in [7, 11) is 0. The monoisotopic (exact) mass is 320 g/mol. The zero-order valence-corrected chi connectivity index (χ0v) is 13.6. The third-order valence-electron chi connectivity index (χ3n) is 3.98. The quantitative estimate of drug-likeness (QED) is 0.892. The second kappa shape index (κ2) is 7.97. The number of carboxylic acids is 1. The van der Waals surface area contributed by atoms with Crippen LogP contribution in [0.1, 0.15) is 36.2 Å². The number of hydrogen-bond donors (Lipinski definition) is 2. The van der Waals surface area contributed by atoms with Crippen molar-refractivity contribution in [3.63, 3.8) is 0 Å². The molecule has 1 aliphatic rings. The first-order chi connectivity index (χ1) is 11.0. The predicted octanol–water partition coefficient (Wildman–Crippen LogP) is 2.34. The molecule has 0 radical (unpaired) electrons. The molecule has 0 saturated carbocycles. The number of benzene rings is 1. The van der Waals surface area contributed by atoms with Gasteiger partial charge < -0.3 is 20.1 Å². The summed E-state index contributed by atoms with van der Waals surface area (Å²) in [5.41, 5.74) is 1.11. The van der Waals surface area contributed by atoms with Gasteiger partial charge in [0.15, 0.2) is 0 Å². The van der Waals surface area contributed by atoms with Gasteiger partial charge in [0.05, 0.1) is 11.7 Å². The van der Waals surface area contributed by atoms with Crippen molar-refractivity contribution in [3.05, 3.63) is 35.4 Å². The molecule has 1 heterocycles. The van der Waals surface area contributed by atoms with Crippen LogP contribution < -0.4 is 5.32 Å². The Kier molecular flexibility index (Phi) is 5.98. The number of amides is 2. The highest BCUT2D eigenvalue weighted by atomic mass is 16.5. The van der Waals surface area contributed by atoms with Gasteiger partial charge in [0.2, 0.25) is 0 Å². The smallest absolute Gasteiger partial charge is 0.335 e. The van der Waals surface area contributed by atoms with Crippen LogP contribution in [0.2, 0.25) is 0 Å². The van der Waals surface area contributed by atoms with Gasteiger partial charge in [-0.3, -0.25) is 0 Å². The van der Waals surface area contributed by atoms with Crippen LogP contribution in [0, 0.1) is 5.92 Å². The van der Waals surface area contributed by atoms with Gasteiger partial charge in [-0.15, -0.1) is 0 Å². The number of rotatable bonds is 4. The fourth-order valence-corrected chi connectivity index (χ4v) is 2.49. The first kappa shape index (κ1) is 17.3. The maximum absolute atomic E-state index is 12.3. The van der Waals surface area contributed by atoms with Crippen molar-refractivity contribution in [1.29, 1.82) is 0 Å². The summed E-state index contributed by atoms with van der Waals surface area (Å²) in [6.45, 7) is 6.53. The first-order valence-electron chi connectivity index (χ1n) is 7.94. The summed E-state index contributed by atoms with van der Waals surface area (Å²) in [6.07, 6.45) is 0.905. The van der Waals surface area contributed by atoms with Gasteiger partial charge in [-0.05, 0) is 30.0 Å². The standard InChI is InChI=1S/C17H24N2O4/c1-12(2)15-11-19(8-3-9-23-15)17(22)18-10-13-4-6-14(7-5-13)16(20)21/h4-7,12,15H,3,8-11H2,1-2H3,(H,18,22)(H,20,21). The average Bonchev–Trinajstić information content (AvgIpc) is 2.79. The molecule has 0 aliphatic carbocycles. The molecule has 0 spiro atoms. The van der Waals surface area contributed by atoms with E-state index >= 15 is 0 Å². The second-order valence-corrected chi connectivity index (χ2v) is 6.11. The number of carbonyl (C=O) groups is 2. The summed E-state index contributed by atoms with van der Waals surface area (Å²) < 4.78 is 5.77. The Balaban J connectivity index is 1.89. The summed E-state index contributed by atoms with van der Waals surface area (Å²) in [6, 6.07) is 6.40. The van der Waals surface area contributed by atoms with E-state index in [1.807, 2.05) is 0 Å². The first-order valence-corrected chi connectivity index (χ1v) is 7.94. The van der Waals surface area contributed by atoms with E-state index in [1.54, 1.807) is 29.2 Å². The van der Waals surface area contributed by atoms with Gasteiger partial charge in [0, 0.05) is 26.2 Å². The highest BCUT2D eigenvalue weighted by Crippen LogP contribution is 2.13. The molecule has 6 nitrogen and oxygen atoms in total. The average molecular weight is 320 g/mol. The number of aromatic carboxylic acids is 1. The summed E-state index contributed by atoms with van der Waals surface area (Å²) in [5.74, 6) is -0.586. The summed E-state index contributed by atoms with van der Waals surface area (Å²) in [5, 5.41) is 11.8. The highest BCUT2D eigenvalue weighted by Gasteiger charge is 2.24. The normalized spacial score (nSPS) is 18.6. The van der Waals surface area contributed by atoms with Gasteiger partial charge in [0.1, 0.15) is 0 Å². The Morgan fingerprint density at radius 2 is 2.04 bits per heavy atom. The molecular formula is C17H24N2O4. The molecule has 126 valence electrons. The van der Waals surface area contributed by atoms with E-state index in [-0.39, 0.29) is 17.7 Å². The Morgan fingerprint density at radius 1 is 1.35 bits per heavy atom. The lowest BCUT2D eigenvalue weighted by Crippen LogP contribution is -2.44. The number of carboxylic acid groups (broad SMARTS) is 1. The molecule has 1 aliphatic heterocycles. The van der Waals surface area contributed by atoms with E-state index in [9.17, 15) is 9.59 Å². The van der Waals surface area contributed by atoms with E-state index in [1.165, 1.54) is 0 Å². The topological polar surface area (TPSA) is 78.9 Å². The molecule has 6 heteroatoms. The van der Waals surface area contributed by atoms with Crippen LogP contribution in [0.5, 0.6) is 0 Å². The molecule has 0 bridgehead atoms. The van der Waals surface area contributed by atoms with Crippen molar-refractivity contribution in [3.8, 4) is 0 Å². The number of nitrogens with one attached hydrogen (secondary N) is 1. The van der Waals surface area contributed by atoms with Gasteiger partial charge in [-0.1, -0.05) is 26.0 Å². The molecule has 1 atom stereocenters. The molecule has 0 aromatic heterocycles. The zero-order chi connectivity index (χ0) is 16.8. The van der Waals surface area contributed by atoms with E-state index < -0.39 is 5.97 Å². The van der Waals surface area contributed by atoms with Crippen molar-refractivity contribution in [1.82, 2.24) is 10.2 Å². The molecule has 1 saturated heterocycles. The Labute approximate surface area is 136 Å². The van der Waals surface area contributed by atoms with Gasteiger partial charge in [-0.25, -0.2) is 9.59 Å². The highest BCUT2D eigenvalue weighted by molar-refractivity contribution is 5.87. The fraction of sp³-hybridized carbons (Fsp3) is 0.529. The largest absolute Gasteiger partial charge is 0.478 e. The third-order valence-corrected chi connectivity index (χ3v) is 3.98. The second-order valence-electron chi connectivity index (χ2n) is 6.11. The van der Waals surface area contributed by atoms with Crippen molar-refractivity contribution in [2.24, 2.45) is 5.92 Å². The minimum absolute atomic E-state index is 0.0677. The predicted molar refractivity (Wildman–Crippen MR) is 86.4 cm³/mol. The summed E-state index contributed by atoms with van der Waals surface area (Å²) >= 11 is 0. The molecule has 1 aromatic rings. The zero-order valence-electron chi connectivity index (χ0n) is 13.6. The molecule has 23 heavy (non-hydrogen) atoms. The van der Waals surface area contributed by atoms with Crippen molar-refractivity contribution in [2.75, 3.05) is 19.7 Å². The van der Waals surface area contributed by atoms with Crippen LogP contribution in [0.15, 0.2) is 24.3 Å². The SMILES string of the molecule is CC(C)C1CN(C(=O)NCc2ccc(C(=O)O)cc2)CCCO1. The van der Waals surface area contributed by atoms with Gasteiger partial charge in [-0.2, -0.15) is 0 Å².